The molecule has 0 unspecified atom stereocenters. The van der Waals surface area contributed by atoms with Crippen LogP contribution in [0.3, 0.4) is 0 Å². The number of furan rings is 1. The average molecular weight is 309 g/mol. The zero-order valence-electron chi connectivity index (χ0n) is 12.9. The van der Waals surface area contributed by atoms with E-state index in [2.05, 4.69) is 20.2 Å². The van der Waals surface area contributed by atoms with Gasteiger partial charge in [0.1, 0.15) is 5.76 Å². The number of aryl methyl sites for hydroxylation is 4. The number of rotatable bonds is 4. The number of nitrogens with zero attached hydrogens (tertiary/aromatic N) is 5. The molecule has 7 nitrogen and oxygen atoms in total. The normalized spacial score (nSPS) is 11.4. The molecule has 0 aliphatic rings. The van der Waals surface area contributed by atoms with Crippen molar-refractivity contribution in [1.82, 2.24) is 24.7 Å². The van der Waals surface area contributed by atoms with Crippen LogP contribution in [0.25, 0.3) is 17.0 Å². The molecule has 0 bridgehead atoms. The smallest absolute Gasteiger partial charge is 0.227 e. The van der Waals surface area contributed by atoms with E-state index in [1.807, 2.05) is 32.0 Å². The Bertz CT molecular complexity index is 952. The molecule has 0 aliphatic carbocycles. The van der Waals surface area contributed by atoms with E-state index < -0.39 is 0 Å². The van der Waals surface area contributed by atoms with Gasteiger partial charge in [0.15, 0.2) is 5.65 Å². The van der Waals surface area contributed by atoms with Gasteiger partial charge < -0.3 is 8.94 Å². The van der Waals surface area contributed by atoms with Crippen molar-refractivity contribution in [3.05, 3.63) is 53.7 Å². The Hall–Kier alpha value is -2.96. The van der Waals surface area contributed by atoms with Crippen LogP contribution in [-0.2, 0) is 12.8 Å². The Morgan fingerprint density at radius 1 is 1.17 bits per heavy atom. The van der Waals surface area contributed by atoms with Crippen molar-refractivity contribution in [2.45, 2.75) is 26.7 Å². The molecule has 0 atom stereocenters. The minimum Gasteiger partial charge on any atom is -0.469 e. The number of hydrogen-bond acceptors (Lipinski definition) is 6. The Morgan fingerprint density at radius 2 is 2.09 bits per heavy atom. The van der Waals surface area contributed by atoms with Crippen LogP contribution in [0, 0.1) is 13.8 Å². The predicted molar refractivity (Wildman–Crippen MR) is 81.9 cm³/mol. The van der Waals surface area contributed by atoms with Gasteiger partial charge in [-0.05, 0) is 32.0 Å². The van der Waals surface area contributed by atoms with Crippen LogP contribution in [-0.4, -0.2) is 24.7 Å². The lowest BCUT2D eigenvalue weighted by atomic mass is 10.2. The van der Waals surface area contributed by atoms with Crippen LogP contribution >= 0.6 is 0 Å². The van der Waals surface area contributed by atoms with E-state index in [1.54, 1.807) is 17.0 Å². The summed E-state index contributed by atoms with van der Waals surface area (Å²) in [4.78, 5) is 8.98. The molecular weight excluding hydrogens is 294 g/mol. The second-order valence-electron chi connectivity index (χ2n) is 5.42. The number of fused-ring (bicyclic) bond motifs is 1. The summed E-state index contributed by atoms with van der Waals surface area (Å²) in [7, 11) is 0. The second-order valence-corrected chi connectivity index (χ2v) is 5.42. The van der Waals surface area contributed by atoms with Crippen LogP contribution in [0.2, 0.25) is 0 Å². The van der Waals surface area contributed by atoms with E-state index in [0.29, 0.717) is 18.1 Å². The predicted octanol–water partition coefficient (Wildman–Crippen LogP) is 2.77. The number of aromatic nitrogens is 5. The van der Waals surface area contributed by atoms with Crippen molar-refractivity contribution in [2.75, 3.05) is 0 Å². The molecule has 0 spiro atoms. The van der Waals surface area contributed by atoms with Gasteiger partial charge in [0, 0.05) is 24.2 Å². The molecule has 0 fully saturated rings. The van der Waals surface area contributed by atoms with Crippen molar-refractivity contribution in [3.63, 3.8) is 0 Å². The van der Waals surface area contributed by atoms with Gasteiger partial charge in [0.05, 0.1) is 18.0 Å². The largest absolute Gasteiger partial charge is 0.469 e. The van der Waals surface area contributed by atoms with Gasteiger partial charge in [-0.15, -0.1) is 0 Å². The summed E-state index contributed by atoms with van der Waals surface area (Å²) in [6, 6.07) is 5.77. The zero-order chi connectivity index (χ0) is 15.8. The molecule has 116 valence electrons. The first-order valence-corrected chi connectivity index (χ1v) is 7.38. The number of hydrogen-bond donors (Lipinski definition) is 0. The first-order valence-electron chi connectivity index (χ1n) is 7.38. The van der Waals surface area contributed by atoms with Crippen LogP contribution in [0.1, 0.15) is 23.0 Å². The molecule has 0 saturated carbocycles. The molecule has 0 radical (unpaired) electrons. The topological polar surface area (TPSA) is 82.2 Å². The summed E-state index contributed by atoms with van der Waals surface area (Å²) in [6.45, 7) is 3.94. The van der Waals surface area contributed by atoms with Gasteiger partial charge in [-0.25, -0.2) is 9.50 Å². The standard InChI is InChI=1S/C16H15N5O2/c1-10-8-11(2)21-16(18-10)13(9-17-21)15-19-14(23-20-15)6-5-12-4-3-7-22-12/h3-4,7-9H,5-6H2,1-2H3. The molecule has 0 saturated heterocycles. The molecule has 0 aliphatic heterocycles. The highest BCUT2D eigenvalue weighted by molar-refractivity contribution is 5.72. The summed E-state index contributed by atoms with van der Waals surface area (Å²) in [5.74, 6) is 1.97. The molecule has 4 rings (SSSR count). The molecule has 4 heterocycles. The SMILES string of the molecule is Cc1cc(C)n2ncc(-c3noc(CCc4ccco4)n3)c2n1. The van der Waals surface area contributed by atoms with Gasteiger partial charge in [0.2, 0.25) is 11.7 Å². The van der Waals surface area contributed by atoms with Gasteiger partial charge in [-0.2, -0.15) is 10.1 Å². The maximum Gasteiger partial charge on any atom is 0.227 e. The Labute approximate surface area is 132 Å². The van der Waals surface area contributed by atoms with E-state index in [1.165, 1.54) is 0 Å². The highest BCUT2D eigenvalue weighted by Crippen LogP contribution is 2.22. The van der Waals surface area contributed by atoms with Gasteiger partial charge >= 0.3 is 0 Å². The molecule has 0 N–H and O–H groups in total. The fraction of sp³-hybridized carbons (Fsp3) is 0.250. The van der Waals surface area contributed by atoms with Crippen molar-refractivity contribution >= 4 is 5.65 Å². The monoisotopic (exact) mass is 309 g/mol. The highest BCUT2D eigenvalue weighted by Gasteiger charge is 2.16. The minimum absolute atomic E-state index is 0.506. The van der Waals surface area contributed by atoms with Gasteiger partial charge in [-0.1, -0.05) is 5.16 Å². The average Bonchev–Trinajstić information content (AvgIpc) is 3.25. The van der Waals surface area contributed by atoms with Crippen molar-refractivity contribution in [3.8, 4) is 11.4 Å². The molecule has 0 amide bonds. The summed E-state index contributed by atoms with van der Waals surface area (Å²) in [5.41, 5.74) is 3.45. The summed E-state index contributed by atoms with van der Waals surface area (Å²) in [6.07, 6.45) is 4.73. The molecule has 23 heavy (non-hydrogen) atoms. The molecule has 0 aromatic carbocycles. The Kier molecular flexibility index (Phi) is 3.18. The van der Waals surface area contributed by atoms with Crippen LogP contribution in [0.4, 0.5) is 0 Å². The van der Waals surface area contributed by atoms with Gasteiger partial charge in [0.25, 0.3) is 0 Å². The lowest BCUT2D eigenvalue weighted by Crippen LogP contribution is -1.97. The van der Waals surface area contributed by atoms with Crippen molar-refractivity contribution in [2.24, 2.45) is 0 Å². The molecule has 4 aromatic heterocycles. The van der Waals surface area contributed by atoms with Gasteiger partial charge in [-0.3, -0.25) is 0 Å². The van der Waals surface area contributed by atoms with E-state index in [9.17, 15) is 0 Å². The molecular formula is C16H15N5O2. The van der Waals surface area contributed by atoms with Crippen LogP contribution in [0.15, 0.2) is 39.6 Å². The van der Waals surface area contributed by atoms with E-state index in [0.717, 1.165) is 34.8 Å². The maximum atomic E-state index is 5.33. The highest BCUT2D eigenvalue weighted by atomic mass is 16.5. The van der Waals surface area contributed by atoms with Crippen molar-refractivity contribution < 1.29 is 8.94 Å². The second kappa shape index (κ2) is 5.35. The molecule has 4 aromatic rings. The molecule has 7 heteroatoms. The lowest BCUT2D eigenvalue weighted by molar-refractivity contribution is 0.374. The van der Waals surface area contributed by atoms with Crippen molar-refractivity contribution in [1.29, 1.82) is 0 Å². The van der Waals surface area contributed by atoms with E-state index in [4.69, 9.17) is 8.94 Å². The first-order chi connectivity index (χ1) is 11.2. The summed E-state index contributed by atoms with van der Waals surface area (Å²) < 4.78 is 12.4. The zero-order valence-corrected chi connectivity index (χ0v) is 12.9. The van der Waals surface area contributed by atoms with Crippen LogP contribution < -0.4 is 0 Å². The Morgan fingerprint density at radius 3 is 2.91 bits per heavy atom. The summed E-state index contributed by atoms with van der Waals surface area (Å²) in [5, 5.41) is 8.41. The lowest BCUT2D eigenvalue weighted by Gasteiger charge is -2.00. The minimum atomic E-state index is 0.506. The van der Waals surface area contributed by atoms with E-state index >= 15 is 0 Å². The maximum absolute atomic E-state index is 5.33. The summed E-state index contributed by atoms with van der Waals surface area (Å²) >= 11 is 0. The Balaban J connectivity index is 1.64. The third-order valence-corrected chi connectivity index (χ3v) is 3.65. The van der Waals surface area contributed by atoms with Crippen LogP contribution in [0.5, 0.6) is 0 Å². The third kappa shape index (κ3) is 2.50. The fourth-order valence-corrected chi connectivity index (χ4v) is 2.58. The third-order valence-electron chi connectivity index (χ3n) is 3.65. The first kappa shape index (κ1) is 13.7. The van der Waals surface area contributed by atoms with E-state index in [-0.39, 0.29) is 0 Å². The quantitative estimate of drug-likeness (QED) is 0.576. The fourth-order valence-electron chi connectivity index (χ4n) is 2.58.